The van der Waals surface area contributed by atoms with Gasteiger partial charge in [-0.2, -0.15) is 0 Å². The summed E-state index contributed by atoms with van der Waals surface area (Å²) in [6, 6.07) is 0.106. The smallest absolute Gasteiger partial charge is 0.407 e. The van der Waals surface area contributed by atoms with Crippen molar-refractivity contribution in [3.8, 4) is 0 Å². The van der Waals surface area contributed by atoms with Crippen molar-refractivity contribution >= 4 is 12.1 Å². The van der Waals surface area contributed by atoms with E-state index in [-0.39, 0.29) is 12.1 Å². The van der Waals surface area contributed by atoms with Crippen LogP contribution in [-0.2, 0) is 9.47 Å². The standard InChI is InChI=1S/C21H42N4O3/c1-7-8-10-17(15-23-19(26)28-20(2,3)4)25-18(22-5)24-16-21(11-9-12-21)13-14-27-6/h17H,7-16H2,1-6H3,(H,23,26)(H2,22,24,25). The van der Waals surface area contributed by atoms with E-state index in [2.05, 4.69) is 27.9 Å². The number of carbonyl (C=O) groups is 1. The van der Waals surface area contributed by atoms with Crippen molar-refractivity contribution < 1.29 is 14.3 Å². The maximum atomic E-state index is 12.0. The number of hydrogen-bond acceptors (Lipinski definition) is 4. The molecular weight excluding hydrogens is 356 g/mol. The van der Waals surface area contributed by atoms with E-state index in [0.717, 1.165) is 44.8 Å². The first kappa shape index (κ1) is 24.5. The molecule has 1 fully saturated rings. The van der Waals surface area contributed by atoms with Crippen molar-refractivity contribution in [2.75, 3.05) is 33.9 Å². The van der Waals surface area contributed by atoms with Crippen LogP contribution in [0.15, 0.2) is 4.99 Å². The summed E-state index contributed by atoms with van der Waals surface area (Å²) in [4.78, 5) is 16.4. The van der Waals surface area contributed by atoms with Crippen molar-refractivity contribution in [3.63, 3.8) is 0 Å². The molecule has 1 unspecified atom stereocenters. The van der Waals surface area contributed by atoms with Crippen LogP contribution < -0.4 is 16.0 Å². The van der Waals surface area contributed by atoms with E-state index in [0.29, 0.717) is 12.0 Å². The number of methoxy groups -OCH3 is 1. The Morgan fingerprint density at radius 3 is 2.46 bits per heavy atom. The van der Waals surface area contributed by atoms with Gasteiger partial charge in [-0.15, -0.1) is 0 Å². The van der Waals surface area contributed by atoms with Crippen LogP contribution in [0.2, 0.25) is 0 Å². The molecule has 164 valence electrons. The summed E-state index contributed by atoms with van der Waals surface area (Å²) < 4.78 is 10.6. The van der Waals surface area contributed by atoms with Crippen LogP contribution in [0, 0.1) is 5.41 Å². The molecule has 0 aromatic rings. The zero-order valence-corrected chi connectivity index (χ0v) is 18.8. The van der Waals surface area contributed by atoms with Gasteiger partial charge in [-0.3, -0.25) is 4.99 Å². The summed E-state index contributed by atoms with van der Waals surface area (Å²) in [6.07, 6.45) is 7.61. The Morgan fingerprint density at radius 2 is 1.96 bits per heavy atom. The summed E-state index contributed by atoms with van der Waals surface area (Å²) in [5.41, 5.74) is -0.172. The minimum absolute atomic E-state index is 0.106. The summed E-state index contributed by atoms with van der Waals surface area (Å²) in [6.45, 7) is 9.97. The fourth-order valence-electron chi connectivity index (χ4n) is 3.37. The molecule has 0 radical (unpaired) electrons. The van der Waals surface area contributed by atoms with E-state index >= 15 is 0 Å². The Labute approximate surface area is 171 Å². The molecule has 7 heteroatoms. The number of guanidine groups is 1. The maximum absolute atomic E-state index is 12.0. The topological polar surface area (TPSA) is 84.0 Å². The lowest BCUT2D eigenvalue weighted by molar-refractivity contribution is 0.0522. The highest BCUT2D eigenvalue weighted by atomic mass is 16.6. The van der Waals surface area contributed by atoms with Crippen molar-refractivity contribution in [1.29, 1.82) is 0 Å². The monoisotopic (exact) mass is 398 g/mol. The molecular formula is C21H42N4O3. The predicted molar refractivity (Wildman–Crippen MR) is 115 cm³/mol. The third-order valence-electron chi connectivity index (χ3n) is 5.24. The molecule has 0 aromatic heterocycles. The van der Waals surface area contributed by atoms with E-state index in [1.165, 1.54) is 19.3 Å². The van der Waals surface area contributed by atoms with Crippen molar-refractivity contribution in [3.05, 3.63) is 0 Å². The molecule has 7 nitrogen and oxygen atoms in total. The van der Waals surface area contributed by atoms with Gasteiger partial charge in [0.25, 0.3) is 0 Å². The average molecular weight is 399 g/mol. The van der Waals surface area contributed by atoms with E-state index in [9.17, 15) is 4.79 Å². The van der Waals surface area contributed by atoms with Crippen LogP contribution in [0.25, 0.3) is 0 Å². The van der Waals surface area contributed by atoms with E-state index in [1.807, 2.05) is 20.8 Å². The normalized spacial score (nSPS) is 17.4. The number of nitrogens with one attached hydrogen (secondary N) is 3. The summed E-state index contributed by atoms with van der Waals surface area (Å²) in [5.74, 6) is 0.788. The van der Waals surface area contributed by atoms with Crippen LogP contribution in [0.5, 0.6) is 0 Å². The zero-order chi connectivity index (χ0) is 21.0. The number of unbranched alkanes of at least 4 members (excludes halogenated alkanes) is 1. The van der Waals surface area contributed by atoms with Crippen LogP contribution in [0.4, 0.5) is 4.79 Å². The van der Waals surface area contributed by atoms with Gasteiger partial charge in [0.05, 0.1) is 0 Å². The Balaban J connectivity index is 2.53. The van der Waals surface area contributed by atoms with E-state index < -0.39 is 5.60 Å². The molecule has 0 bridgehead atoms. The van der Waals surface area contributed by atoms with E-state index in [4.69, 9.17) is 9.47 Å². The summed E-state index contributed by atoms with van der Waals surface area (Å²) in [5, 5.41) is 9.84. The molecule has 0 spiro atoms. The lowest BCUT2D eigenvalue weighted by Gasteiger charge is -2.42. The summed E-state index contributed by atoms with van der Waals surface area (Å²) >= 11 is 0. The number of carbonyl (C=O) groups excluding carboxylic acids is 1. The van der Waals surface area contributed by atoms with Crippen LogP contribution in [-0.4, -0.2) is 57.5 Å². The average Bonchev–Trinajstić information content (AvgIpc) is 2.59. The number of alkyl carbamates (subject to hydrolysis) is 1. The fourth-order valence-corrected chi connectivity index (χ4v) is 3.37. The van der Waals surface area contributed by atoms with Gasteiger partial charge < -0.3 is 25.4 Å². The molecule has 3 N–H and O–H groups in total. The molecule has 0 aliphatic heterocycles. The van der Waals surface area contributed by atoms with Crippen LogP contribution in [0.1, 0.15) is 72.6 Å². The molecule has 1 aliphatic rings. The quantitative estimate of drug-likeness (QED) is 0.367. The third-order valence-corrected chi connectivity index (χ3v) is 5.24. The van der Waals surface area contributed by atoms with Crippen LogP contribution in [0.3, 0.4) is 0 Å². The summed E-state index contributed by atoms with van der Waals surface area (Å²) in [7, 11) is 3.55. The van der Waals surface area contributed by atoms with Gasteiger partial charge in [0.15, 0.2) is 5.96 Å². The van der Waals surface area contributed by atoms with Gasteiger partial charge in [0, 0.05) is 39.9 Å². The first-order valence-electron chi connectivity index (χ1n) is 10.7. The Hall–Kier alpha value is -1.50. The molecule has 1 aliphatic carbocycles. The highest BCUT2D eigenvalue weighted by molar-refractivity contribution is 5.80. The minimum atomic E-state index is -0.493. The number of ether oxygens (including phenoxy) is 2. The van der Waals surface area contributed by atoms with Gasteiger partial charge in [-0.25, -0.2) is 4.79 Å². The number of hydrogen-bond donors (Lipinski definition) is 3. The SMILES string of the molecule is CCCCC(CNC(=O)OC(C)(C)C)NC(=NC)NCC1(CCOC)CCC1. The molecule has 28 heavy (non-hydrogen) atoms. The number of aliphatic imine (C=N–C) groups is 1. The van der Waals surface area contributed by atoms with Gasteiger partial charge in [0.1, 0.15) is 5.60 Å². The largest absolute Gasteiger partial charge is 0.444 e. The van der Waals surface area contributed by atoms with Crippen molar-refractivity contribution in [2.45, 2.75) is 84.3 Å². The molecule has 0 heterocycles. The molecule has 0 saturated heterocycles. The first-order chi connectivity index (χ1) is 13.2. The minimum Gasteiger partial charge on any atom is -0.444 e. The van der Waals surface area contributed by atoms with Gasteiger partial charge in [-0.05, 0) is 51.9 Å². The lowest BCUT2D eigenvalue weighted by Crippen LogP contribution is -2.52. The zero-order valence-electron chi connectivity index (χ0n) is 18.8. The first-order valence-corrected chi connectivity index (χ1v) is 10.7. The predicted octanol–water partition coefficient (Wildman–Crippen LogP) is 3.44. The van der Waals surface area contributed by atoms with Gasteiger partial charge >= 0.3 is 6.09 Å². The Morgan fingerprint density at radius 1 is 1.25 bits per heavy atom. The number of rotatable bonds is 11. The van der Waals surface area contributed by atoms with Crippen LogP contribution >= 0.6 is 0 Å². The second-order valence-corrected chi connectivity index (χ2v) is 8.89. The van der Waals surface area contributed by atoms with Crippen molar-refractivity contribution in [2.24, 2.45) is 10.4 Å². The number of nitrogens with zero attached hydrogens (tertiary/aromatic N) is 1. The molecule has 1 amide bonds. The molecule has 0 aromatic carbocycles. The van der Waals surface area contributed by atoms with E-state index in [1.54, 1.807) is 14.2 Å². The number of amides is 1. The molecule has 1 saturated carbocycles. The fraction of sp³-hybridized carbons (Fsp3) is 0.905. The second-order valence-electron chi connectivity index (χ2n) is 8.89. The molecule has 1 rings (SSSR count). The Kier molecular flexibility index (Phi) is 10.6. The lowest BCUT2D eigenvalue weighted by atomic mass is 9.67. The second kappa shape index (κ2) is 12.1. The van der Waals surface area contributed by atoms with Gasteiger partial charge in [0.2, 0.25) is 0 Å². The highest BCUT2D eigenvalue weighted by Gasteiger charge is 2.36. The Bertz CT molecular complexity index is 485. The maximum Gasteiger partial charge on any atom is 0.407 e. The third kappa shape index (κ3) is 9.62. The van der Waals surface area contributed by atoms with Crippen molar-refractivity contribution in [1.82, 2.24) is 16.0 Å². The van der Waals surface area contributed by atoms with Gasteiger partial charge in [-0.1, -0.05) is 26.2 Å². The molecule has 1 atom stereocenters. The highest BCUT2D eigenvalue weighted by Crippen LogP contribution is 2.43.